The molecule has 82 valence electrons. The molecular formula is C11H14O4. The third-order valence-corrected chi connectivity index (χ3v) is 2.15. The Morgan fingerprint density at radius 3 is 3.13 bits per heavy atom. The van der Waals surface area contributed by atoms with Crippen LogP contribution in [0.4, 0.5) is 0 Å². The van der Waals surface area contributed by atoms with E-state index in [-0.39, 0.29) is 11.9 Å². The van der Waals surface area contributed by atoms with Gasteiger partial charge in [0.25, 0.3) is 0 Å². The normalized spacial score (nSPS) is 18.9. The summed E-state index contributed by atoms with van der Waals surface area (Å²) in [5.74, 6) is 1.42. The predicted octanol–water partition coefficient (Wildman–Crippen LogP) is 1.57. The van der Waals surface area contributed by atoms with Crippen LogP contribution >= 0.6 is 0 Å². The van der Waals surface area contributed by atoms with Crippen LogP contribution in [0.25, 0.3) is 0 Å². The zero-order valence-electron chi connectivity index (χ0n) is 8.60. The van der Waals surface area contributed by atoms with Crippen molar-refractivity contribution in [2.24, 2.45) is 0 Å². The van der Waals surface area contributed by atoms with E-state index >= 15 is 0 Å². The number of rotatable bonds is 3. The van der Waals surface area contributed by atoms with E-state index in [1.165, 1.54) is 0 Å². The van der Waals surface area contributed by atoms with Gasteiger partial charge in [-0.15, -0.1) is 0 Å². The van der Waals surface area contributed by atoms with Crippen LogP contribution in [0.2, 0.25) is 0 Å². The van der Waals surface area contributed by atoms with Gasteiger partial charge in [0.15, 0.2) is 17.6 Å². The minimum absolute atomic E-state index is 0.0979. The van der Waals surface area contributed by atoms with E-state index in [2.05, 4.69) is 0 Å². The van der Waals surface area contributed by atoms with Crippen molar-refractivity contribution in [3.63, 3.8) is 0 Å². The van der Waals surface area contributed by atoms with Gasteiger partial charge >= 0.3 is 0 Å². The first-order valence-electron chi connectivity index (χ1n) is 5.00. The van der Waals surface area contributed by atoms with Gasteiger partial charge < -0.3 is 19.3 Å². The molecule has 1 aliphatic rings. The maximum absolute atomic E-state index is 9.28. The summed E-state index contributed by atoms with van der Waals surface area (Å²) in [5, 5.41) is 9.28. The van der Waals surface area contributed by atoms with Crippen LogP contribution in [0, 0.1) is 0 Å². The number of aromatic hydroxyl groups is 1. The molecule has 1 aliphatic heterocycles. The van der Waals surface area contributed by atoms with Crippen molar-refractivity contribution >= 4 is 0 Å². The first-order chi connectivity index (χ1) is 7.29. The lowest BCUT2D eigenvalue weighted by molar-refractivity contribution is 0.0126. The lowest BCUT2D eigenvalue weighted by atomic mass is 10.2. The van der Waals surface area contributed by atoms with E-state index in [0.717, 1.165) is 0 Å². The average Bonchev–Trinajstić information content (AvgIpc) is 2.25. The first-order valence-corrected chi connectivity index (χ1v) is 5.00. The second-order valence-corrected chi connectivity index (χ2v) is 3.34. The van der Waals surface area contributed by atoms with Crippen LogP contribution in [0.5, 0.6) is 17.2 Å². The average molecular weight is 210 g/mol. The Morgan fingerprint density at radius 1 is 1.47 bits per heavy atom. The predicted molar refractivity (Wildman–Crippen MR) is 54.5 cm³/mol. The molecule has 1 heterocycles. The number of hydrogen-bond acceptors (Lipinski definition) is 4. The number of benzene rings is 1. The summed E-state index contributed by atoms with van der Waals surface area (Å²) in [6, 6.07) is 4.82. The Hall–Kier alpha value is -1.42. The minimum Gasteiger partial charge on any atom is -0.508 e. The van der Waals surface area contributed by atoms with Crippen molar-refractivity contribution < 1.29 is 19.3 Å². The van der Waals surface area contributed by atoms with Crippen molar-refractivity contribution in [1.82, 2.24) is 0 Å². The van der Waals surface area contributed by atoms with Gasteiger partial charge in [-0.3, -0.25) is 0 Å². The quantitative estimate of drug-likeness (QED) is 0.822. The second kappa shape index (κ2) is 4.40. The van der Waals surface area contributed by atoms with Crippen molar-refractivity contribution in [3.8, 4) is 17.2 Å². The summed E-state index contributed by atoms with van der Waals surface area (Å²) in [4.78, 5) is 0. The Kier molecular flexibility index (Phi) is 2.97. The molecule has 0 fully saturated rings. The number of ether oxygens (including phenoxy) is 3. The molecule has 1 atom stereocenters. The molecule has 0 aromatic heterocycles. The molecule has 0 spiro atoms. The molecule has 0 saturated carbocycles. The maximum atomic E-state index is 9.28. The van der Waals surface area contributed by atoms with Gasteiger partial charge in [-0.1, -0.05) is 0 Å². The van der Waals surface area contributed by atoms with Crippen LogP contribution < -0.4 is 9.47 Å². The molecule has 1 N–H and O–H groups in total. The number of hydrogen-bond donors (Lipinski definition) is 1. The summed E-state index contributed by atoms with van der Waals surface area (Å²) >= 11 is 0. The van der Waals surface area contributed by atoms with E-state index < -0.39 is 0 Å². The van der Waals surface area contributed by atoms with Crippen molar-refractivity contribution in [3.05, 3.63) is 18.2 Å². The highest BCUT2D eigenvalue weighted by atomic mass is 16.6. The van der Waals surface area contributed by atoms with Gasteiger partial charge in [-0.05, 0) is 19.1 Å². The third-order valence-electron chi connectivity index (χ3n) is 2.15. The molecular weight excluding hydrogens is 196 g/mol. The van der Waals surface area contributed by atoms with E-state index in [0.29, 0.717) is 31.3 Å². The fraction of sp³-hybridized carbons (Fsp3) is 0.455. The van der Waals surface area contributed by atoms with Gasteiger partial charge in [0, 0.05) is 12.7 Å². The van der Waals surface area contributed by atoms with Gasteiger partial charge in [0.05, 0.1) is 6.61 Å². The minimum atomic E-state index is -0.0979. The van der Waals surface area contributed by atoms with E-state index in [4.69, 9.17) is 14.2 Å². The molecule has 0 aliphatic carbocycles. The van der Waals surface area contributed by atoms with Crippen LogP contribution in [0.3, 0.4) is 0 Å². The highest BCUT2D eigenvalue weighted by Gasteiger charge is 2.21. The molecule has 0 saturated heterocycles. The van der Waals surface area contributed by atoms with E-state index in [9.17, 15) is 5.11 Å². The summed E-state index contributed by atoms with van der Waals surface area (Å²) in [7, 11) is 0. The van der Waals surface area contributed by atoms with E-state index in [1.807, 2.05) is 6.92 Å². The molecule has 0 bridgehead atoms. The SMILES string of the molecule is CCOC[C@H]1COc2ccc(O)cc2O1. The zero-order chi connectivity index (χ0) is 10.7. The van der Waals surface area contributed by atoms with Gasteiger partial charge in [-0.2, -0.15) is 0 Å². The van der Waals surface area contributed by atoms with Crippen LogP contribution in [-0.2, 0) is 4.74 Å². The maximum Gasteiger partial charge on any atom is 0.165 e. The molecule has 0 unspecified atom stereocenters. The molecule has 1 aromatic carbocycles. The summed E-state index contributed by atoms with van der Waals surface area (Å²) < 4.78 is 16.3. The largest absolute Gasteiger partial charge is 0.508 e. The fourth-order valence-corrected chi connectivity index (χ4v) is 1.44. The van der Waals surface area contributed by atoms with Crippen LogP contribution in [-0.4, -0.2) is 31.0 Å². The molecule has 4 heteroatoms. The highest BCUT2D eigenvalue weighted by molar-refractivity contribution is 5.45. The molecule has 0 amide bonds. The Morgan fingerprint density at radius 2 is 2.33 bits per heavy atom. The second-order valence-electron chi connectivity index (χ2n) is 3.34. The van der Waals surface area contributed by atoms with Gasteiger partial charge in [0.1, 0.15) is 12.4 Å². The monoisotopic (exact) mass is 210 g/mol. The molecule has 4 nitrogen and oxygen atoms in total. The lowest BCUT2D eigenvalue weighted by Crippen LogP contribution is -2.33. The molecule has 0 radical (unpaired) electrons. The summed E-state index contributed by atoms with van der Waals surface area (Å²) in [5.41, 5.74) is 0. The molecule has 1 aromatic rings. The first kappa shape index (κ1) is 10.1. The van der Waals surface area contributed by atoms with Gasteiger partial charge in [-0.25, -0.2) is 0 Å². The number of phenols is 1. The number of fused-ring (bicyclic) bond motifs is 1. The summed E-state index contributed by atoms with van der Waals surface area (Å²) in [6.07, 6.45) is -0.0979. The van der Waals surface area contributed by atoms with E-state index in [1.54, 1.807) is 18.2 Å². The highest BCUT2D eigenvalue weighted by Crippen LogP contribution is 2.34. The lowest BCUT2D eigenvalue weighted by Gasteiger charge is -2.26. The number of phenolic OH excluding ortho intramolecular Hbond substituents is 1. The zero-order valence-corrected chi connectivity index (χ0v) is 8.60. The van der Waals surface area contributed by atoms with Crippen LogP contribution in [0.1, 0.15) is 6.92 Å². The Labute approximate surface area is 88.4 Å². The molecule has 2 rings (SSSR count). The van der Waals surface area contributed by atoms with Gasteiger partial charge in [0.2, 0.25) is 0 Å². The summed E-state index contributed by atoms with van der Waals surface area (Å²) in [6.45, 7) is 3.58. The Balaban J connectivity index is 2.05. The standard InChI is InChI=1S/C11H14O4/c1-2-13-6-9-7-14-10-4-3-8(12)5-11(10)15-9/h3-5,9,12H,2,6-7H2,1H3/t9-/m0/s1. The smallest absolute Gasteiger partial charge is 0.165 e. The molecule has 15 heavy (non-hydrogen) atoms. The van der Waals surface area contributed by atoms with Crippen molar-refractivity contribution in [1.29, 1.82) is 0 Å². The van der Waals surface area contributed by atoms with Crippen molar-refractivity contribution in [2.75, 3.05) is 19.8 Å². The Bertz CT molecular complexity index is 337. The fourth-order valence-electron chi connectivity index (χ4n) is 1.44. The van der Waals surface area contributed by atoms with Crippen molar-refractivity contribution in [2.45, 2.75) is 13.0 Å². The van der Waals surface area contributed by atoms with Crippen LogP contribution in [0.15, 0.2) is 18.2 Å². The third kappa shape index (κ3) is 2.33. The topological polar surface area (TPSA) is 47.9 Å².